The maximum atomic E-state index is 14.3. The number of likely N-dealkylation sites (tertiary alicyclic amines) is 1. The summed E-state index contributed by atoms with van der Waals surface area (Å²) in [4.78, 5) is 80.5. The lowest BCUT2D eigenvalue weighted by Gasteiger charge is -2.64. The van der Waals surface area contributed by atoms with Crippen molar-refractivity contribution in [1.29, 1.82) is 0 Å². The fourth-order valence-electron chi connectivity index (χ4n) is 11.8. The predicted octanol–water partition coefficient (Wildman–Crippen LogP) is 4.39. The summed E-state index contributed by atoms with van der Waals surface area (Å²) in [7, 11) is 0. The fraction of sp³-hybridized carbons (Fsp3) is 0.644. The van der Waals surface area contributed by atoms with E-state index < -0.39 is 82.1 Å². The lowest BCUT2D eigenvalue weighted by Crippen LogP contribution is -2.70. The van der Waals surface area contributed by atoms with Crippen molar-refractivity contribution in [3.05, 3.63) is 70.3 Å². The Kier molecular flexibility index (Phi) is 12.1. The third kappa shape index (κ3) is 7.94. The second-order valence-electron chi connectivity index (χ2n) is 18.5. The molecule has 0 spiro atoms. The van der Waals surface area contributed by atoms with Gasteiger partial charge in [-0.25, -0.2) is 14.4 Å². The van der Waals surface area contributed by atoms with Gasteiger partial charge in [0.05, 0.1) is 17.3 Å². The van der Waals surface area contributed by atoms with E-state index in [0.29, 0.717) is 69.9 Å². The zero-order valence-electron chi connectivity index (χ0n) is 34.5. The van der Waals surface area contributed by atoms with Gasteiger partial charge < -0.3 is 39.6 Å². The Hall–Kier alpha value is -4.56. The molecule has 0 unspecified atom stereocenters. The van der Waals surface area contributed by atoms with Crippen molar-refractivity contribution >= 4 is 29.7 Å². The number of esters is 1. The number of rotatable bonds is 11. The van der Waals surface area contributed by atoms with Crippen LogP contribution in [0.25, 0.3) is 0 Å². The molecule has 5 aliphatic rings. The van der Waals surface area contributed by atoms with Crippen LogP contribution in [0.1, 0.15) is 109 Å². The minimum absolute atomic E-state index is 0.0201. The Morgan fingerprint density at radius 3 is 2.46 bits per heavy atom. The number of ketones is 1. The number of hydrogen-bond donors (Lipinski definition) is 4. The normalized spacial score (nSPS) is 34.3. The van der Waals surface area contributed by atoms with Crippen molar-refractivity contribution in [2.24, 2.45) is 34.5 Å². The quantitative estimate of drug-likeness (QED) is 0.235. The molecule has 59 heavy (non-hydrogen) atoms. The van der Waals surface area contributed by atoms with E-state index in [-0.39, 0.29) is 36.7 Å². The lowest BCUT2D eigenvalue weighted by molar-refractivity contribution is -0.229. The third-order valence-corrected chi connectivity index (χ3v) is 14.8. The summed E-state index contributed by atoms with van der Waals surface area (Å²) in [6.07, 6.45) is 4.09. The summed E-state index contributed by atoms with van der Waals surface area (Å²) in [5, 5.41) is 29.9. The number of fused-ring (bicyclic) bond motifs is 5. The zero-order chi connectivity index (χ0) is 42.3. The summed E-state index contributed by atoms with van der Waals surface area (Å²) in [6.45, 7) is 7.82. The summed E-state index contributed by atoms with van der Waals surface area (Å²) in [5.41, 5.74) is -2.12. The van der Waals surface area contributed by atoms with Crippen LogP contribution in [0.5, 0.6) is 0 Å². The fourth-order valence-corrected chi connectivity index (χ4v) is 11.8. The number of carbonyl (C=O) groups is 5. The van der Waals surface area contributed by atoms with Crippen molar-refractivity contribution in [3.63, 3.8) is 0 Å². The van der Waals surface area contributed by atoms with Crippen molar-refractivity contribution in [2.45, 2.75) is 134 Å². The van der Waals surface area contributed by atoms with E-state index in [9.17, 15) is 39.0 Å². The standard InChI is InChI=1S/C45H59N3O11/c1-26(2)21-33(47-40(53)34-11-8-20-48(34)35(49)23-46-42(55)58-24-27-9-6-5-7-10-27)41(54)59-30-16-18-43(3)29(22-30)13-14-32-37(43)38(51)39(52)44(4)31(17-19-45(32,44)56)28-12-15-36(50)57-25-28/h5-7,9-10,12,15,25-26,29-34,37-38,51,56H,8,11,13-14,16-24H2,1-4H3,(H,46,55)(H,47,53)/t29-,30+,31-,32-,33+,34+,37-,38+,43+,44+,45+/m1/s1. The van der Waals surface area contributed by atoms with E-state index in [1.54, 1.807) is 13.0 Å². The molecule has 4 N–H and O–H groups in total. The molecule has 2 heterocycles. The molecule has 4 saturated carbocycles. The second kappa shape index (κ2) is 16.8. The molecule has 1 saturated heterocycles. The molecule has 7 rings (SSSR count). The number of ether oxygens (including phenoxy) is 2. The minimum Gasteiger partial charge on any atom is -0.461 e. The van der Waals surface area contributed by atoms with Gasteiger partial charge in [0.15, 0.2) is 5.78 Å². The van der Waals surface area contributed by atoms with Gasteiger partial charge in [0.25, 0.3) is 0 Å². The van der Waals surface area contributed by atoms with Crippen molar-refractivity contribution < 1.29 is 48.1 Å². The van der Waals surface area contributed by atoms with Crippen LogP contribution in [0.2, 0.25) is 0 Å². The number of nitrogens with one attached hydrogen (secondary N) is 2. The number of nitrogens with zero attached hydrogens (tertiary/aromatic N) is 1. The Balaban J connectivity index is 0.962. The summed E-state index contributed by atoms with van der Waals surface area (Å²) < 4.78 is 16.5. The first-order valence-electron chi connectivity index (χ1n) is 21.3. The van der Waals surface area contributed by atoms with Gasteiger partial charge >= 0.3 is 17.7 Å². The topological polar surface area (TPSA) is 202 Å². The summed E-state index contributed by atoms with van der Waals surface area (Å²) in [5.74, 6) is -2.94. The molecule has 320 valence electrons. The van der Waals surface area contributed by atoms with Crippen LogP contribution in [0, 0.1) is 34.5 Å². The molecule has 14 heteroatoms. The summed E-state index contributed by atoms with van der Waals surface area (Å²) >= 11 is 0. The number of amides is 3. The van der Waals surface area contributed by atoms with E-state index in [4.69, 9.17) is 13.9 Å². The first-order valence-corrected chi connectivity index (χ1v) is 21.3. The average molecular weight is 818 g/mol. The molecule has 3 amide bonds. The van der Waals surface area contributed by atoms with Crippen molar-refractivity contribution in [3.8, 4) is 0 Å². The van der Waals surface area contributed by atoms with Crippen LogP contribution in [0.3, 0.4) is 0 Å². The molecule has 1 aromatic carbocycles. The number of benzene rings is 1. The number of aliphatic hydroxyl groups is 2. The predicted molar refractivity (Wildman–Crippen MR) is 213 cm³/mol. The van der Waals surface area contributed by atoms with Gasteiger partial charge in [-0.1, -0.05) is 51.1 Å². The number of hydrogen-bond acceptors (Lipinski definition) is 11. The molecule has 1 aliphatic heterocycles. The van der Waals surface area contributed by atoms with Crippen LogP contribution in [-0.2, 0) is 35.3 Å². The monoisotopic (exact) mass is 817 g/mol. The third-order valence-electron chi connectivity index (χ3n) is 14.8. The SMILES string of the molecule is CC(C)C[C@H](NC(=O)[C@@H]1CCCN1C(=O)CNC(=O)OCc1ccccc1)C(=O)O[C@H]1CC[C@@]2(C)[C@H](CC[C@@H]3[C@@H]2[C@H](O)C(=O)[C@]2(C)[C@@H](c4ccc(=O)oc4)CC[C@]32O)C1. The Morgan fingerprint density at radius 2 is 1.75 bits per heavy atom. The van der Waals surface area contributed by atoms with Crippen LogP contribution in [0.15, 0.2) is 57.9 Å². The molecule has 5 fully saturated rings. The second-order valence-corrected chi connectivity index (χ2v) is 18.5. The van der Waals surface area contributed by atoms with Gasteiger partial charge in [0, 0.05) is 24.4 Å². The maximum Gasteiger partial charge on any atom is 0.407 e. The number of alkyl carbamates (subject to hydrolysis) is 1. The molecular formula is C45H59N3O11. The highest BCUT2D eigenvalue weighted by Gasteiger charge is 2.73. The molecule has 1 aromatic heterocycles. The van der Waals surface area contributed by atoms with E-state index >= 15 is 0 Å². The lowest BCUT2D eigenvalue weighted by atomic mass is 9.42. The highest BCUT2D eigenvalue weighted by atomic mass is 16.6. The van der Waals surface area contributed by atoms with Crippen molar-refractivity contribution in [2.75, 3.05) is 13.1 Å². The van der Waals surface area contributed by atoms with E-state index in [2.05, 4.69) is 17.6 Å². The molecule has 11 atom stereocenters. The molecule has 4 aliphatic carbocycles. The first-order chi connectivity index (χ1) is 28.1. The maximum absolute atomic E-state index is 14.3. The van der Waals surface area contributed by atoms with E-state index in [1.165, 1.54) is 17.2 Å². The number of aliphatic hydroxyl groups excluding tert-OH is 1. The molecule has 0 bridgehead atoms. The van der Waals surface area contributed by atoms with Gasteiger partial charge in [-0.15, -0.1) is 0 Å². The van der Waals surface area contributed by atoms with Gasteiger partial charge in [0.1, 0.15) is 37.4 Å². The van der Waals surface area contributed by atoms with Gasteiger partial charge in [-0.3, -0.25) is 14.4 Å². The number of carbonyl (C=O) groups excluding carboxylic acids is 5. The van der Waals surface area contributed by atoms with Crippen LogP contribution in [-0.4, -0.2) is 87.8 Å². The molecule has 14 nitrogen and oxygen atoms in total. The smallest absolute Gasteiger partial charge is 0.407 e. The van der Waals surface area contributed by atoms with Gasteiger partial charge in [-0.2, -0.15) is 0 Å². The van der Waals surface area contributed by atoms with Crippen LogP contribution >= 0.6 is 0 Å². The van der Waals surface area contributed by atoms with Gasteiger partial charge in [-0.05, 0) is 111 Å². The zero-order valence-corrected chi connectivity index (χ0v) is 34.5. The van der Waals surface area contributed by atoms with E-state index in [1.807, 2.05) is 44.2 Å². The van der Waals surface area contributed by atoms with E-state index in [0.717, 1.165) is 12.0 Å². The molecular weight excluding hydrogens is 759 g/mol. The highest BCUT2D eigenvalue weighted by molar-refractivity contribution is 5.93. The average Bonchev–Trinajstić information content (AvgIpc) is 3.82. The Bertz CT molecular complexity index is 1950. The van der Waals surface area contributed by atoms with Gasteiger partial charge in [0.2, 0.25) is 11.8 Å². The molecule has 0 radical (unpaired) electrons. The van der Waals surface area contributed by atoms with Crippen LogP contribution < -0.4 is 16.3 Å². The number of Topliss-reactive ketones (excluding diaryl/α,β-unsaturated/α-hetero) is 1. The summed E-state index contributed by atoms with van der Waals surface area (Å²) in [6, 6.07) is 10.4. The highest BCUT2D eigenvalue weighted by Crippen LogP contribution is 2.69. The largest absolute Gasteiger partial charge is 0.461 e. The Morgan fingerprint density at radius 1 is 0.983 bits per heavy atom. The molecule has 2 aromatic rings. The van der Waals surface area contributed by atoms with Crippen LogP contribution in [0.4, 0.5) is 4.79 Å². The Labute approximate surface area is 344 Å². The first kappa shape index (κ1) is 42.6. The minimum atomic E-state index is -1.35. The van der Waals surface area contributed by atoms with Crippen molar-refractivity contribution in [1.82, 2.24) is 15.5 Å².